The highest BCUT2D eigenvalue weighted by molar-refractivity contribution is 5.88. The summed E-state index contributed by atoms with van der Waals surface area (Å²) in [5.74, 6) is -0.231. The van der Waals surface area contributed by atoms with Crippen molar-refractivity contribution in [2.75, 3.05) is 6.61 Å². The average Bonchev–Trinajstić information content (AvgIpc) is 2.70. The third-order valence-corrected chi connectivity index (χ3v) is 4.79. The number of hydrogen-bond acceptors (Lipinski definition) is 3. The van der Waals surface area contributed by atoms with Gasteiger partial charge < -0.3 is 15.0 Å². The van der Waals surface area contributed by atoms with Crippen molar-refractivity contribution in [3.63, 3.8) is 0 Å². The first-order valence-corrected chi connectivity index (χ1v) is 10.3. The topological polar surface area (TPSA) is 58.6 Å². The summed E-state index contributed by atoms with van der Waals surface area (Å²) < 4.78 is 20.0. The number of ether oxygens (including phenoxy) is 1. The van der Waals surface area contributed by atoms with E-state index in [1.165, 1.54) is 11.0 Å². The fourth-order valence-corrected chi connectivity index (χ4v) is 3.11. The monoisotopic (exact) mass is 414 g/mol. The molecule has 0 aromatic heterocycles. The molecule has 0 unspecified atom stereocenters. The second-order valence-corrected chi connectivity index (χ2v) is 7.93. The van der Waals surface area contributed by atoms with Crippen LogP contribution in [0.3, 0.4) is 0 Å². The van der Waals surface area contributed by atoms with Gasteiger partial charge in [0.05, 0.1) is 0 Å². The van der Waals surface area contributed by atoms with Crippen LogP contribution in [0.15, 0.2) is 48.5 Å². The minimum Gasteiger partial charge on any atom is -0.483 e. The van der Waals surface area contributed by atoms with Crippen LogP contribution in [0.5, 0.6) is 5.75 Å². The fourth-order valence-electron chi connectivity index (χ4n) is 3.11. The molecular weight excluding hydrogens is 383 g/mol. The second-order valence-electron chi connectivity index (χ2n) is 7.93. The van der Waals surface area contributed by atoms with E-state index in [4.69, 9.17) is 4.74 Å². The Balaban J connectivity index is 2.21. The zero-order chi connectivity index (χ0) is 22.3. The Morgan fingerprint density at radius 3 is 2.27 bits per heavy atom. The van der Waals surface area contributed by atoms with E-state index in [2.05, 4.69) is 5.32 Å². The summed E-state index contributed by atoms with van der Waals surface area (Å²) in [6.45, 7) is 9.17. The van der Waals surface area contributed by atoms with Crippen molar-refractivity contribution in [1.29, 1.82) is 0 Å². The molecule has 0 heterocycles. The molecule has 0 bridgehead atoms. The van der Waals surface area contributed by atoms with E-state index >= 15 is 0 Å². The molecule has 162 valence electrons. The molecule has 2 aromatic rings. The van der Waals surface area contributed by atoms with E-state index in [0.717, 1.165) is 5.56 Å². The van der Waals surface area contributed by atoms with Crippen LogP contribution in [-0.4, -0.2) is 35.4 Å². The number of hydrogen-bond donors (Lipinski definition) is 1. The molecule has 5 nitrogen and oxygen atoms in total. The lowest BCUT2D eigenvalue weighted by Gasteiger charge is -2.29. The van der Waals surface area contributed by atoms with Gasteiger partial charge in [-0.15, -0.1) is 0 Å². The van der Waals surface area contributed by atoms with Gasteiger partial charge in [0.25, 0.3) is 5.91 Å². The lowest BCUT2D eigenvalue weighted by Crippen LogP contribution is -2.50. The molecule has 1 atom stereocenters. The number of nitrogens with one attached hydrogen (secondary N) is 1. The number of carbonyl (C=O) groups excluding carboxylic acids is 2. The molecule has 0 spiro atoms. The van der Waals surface area contributed by atoms with Gasteiger partial charge in [-0.3, -0.25) is 9.59 Å². The van der Waals surface area contributed by atoms with Crippen LogP contribution in [0.25, 0.3) is 0 Å². The molecule has 1 N–H and O–H groups in total. The molecule has 0 aliphatic heterocycles. The van der Waals surface area contributed by atoms with Crippen LogP contribution in [0, 0.1) is 5.82 Å². The quantitative estimate of drug-likeness (QED) is 0.667. The Morgan fingerprint density at radius 1 is 1.00 bits per heavy atom. The summed E-state index contributed by atoms with van der Waals surface area (Å²) in [7, 11) is 0. The first kappa shape index (κ1) is 23.4. The maximum absolute atomic E-state index is 14.2. The molecule has 0 aliphatic carbocycles. The highest BCUT2D eigenvalue weighted by atomic mass is 19.1. The van der Waals surface area contributed by atoms with Crippen LogP contribution in [0.1, 0.15) is 51.7 Å². The number of rotatable bonds is 9. The summed E-state index contributed by atoms with van der Waals surface area (Å²) in [6, 6.07) is 12.9. The Morgan fingerprint density at radius 2 is 1.63 bits per heavy atom. The van der Waals surface area contributed by atoms with Crippen LogP contribution in [-0.2, 0) is 16.1 Å². The Bertz CT molecular complexity index is 867. The smallest absolute Gasteiger partial charge is 0.261 e. The Kier molecular flexibility index (Phi) is 8.39. The number of halogens is 1. The van der Waals surface area contributed by atoms with Gasteiger partial charge >= 0.3 is 0 Å². The zero-order valence-electron chi connectivity index (χ0n) is 18.3. The molecule has 0 saturated carbocycles. The van der Waals surface area contributed by atoms with Gasteiger partial charge in [-0.25, -0.2) is 4.39 Å². The van der Waals surface area contributed by atoms with Gasteiger partial charge in [0.15, 0.2) is 6.61 Å². The molecule has 0 aliphatic rings. The number of amides is 2. The molecule has 0 saturated heterocycles. The van der Waals surface area contributed by atoms with Crippen LogP contribution < -0.4 is 10.1 Å². The van der Waals surface area contributed by atoms with Crippen molar-refractivity contribution in [2.24, 2.45) is 0 Å². The first-order valence-electron chi connectivity index (χ1n) is 10.3. The molecule has 2 amide bonds. The normalized spacial score (nSPS) is 12.0. The lowest BCUT2D eigenvalue weighted by atomic mass is 10.0. The third-order valence-electron chi connectivity index (χ3n) is 4.79. The van der Waals surface area contributed by atoms with Crippen molar-refractivity contribution in [1.82, 2.24) is 10.2 Å². The molecular formula is C24H31FN2O3. The van der Waals surface area contributed by atoms with Gasteiger partial charge in [0.1, 0.15) is 17.6 Å². The lowest BCUT2D eigenvalue weighted by molar-refractivity contribution is -0.142. The molecule has 6 heteroatoms. The van der Waals surface area contributed by atoms with E-state index in [0.29, 0.717) is 11.3 Å². The predicted molar refractivity (Wildman–Crippen MR) is 116 cm³/mol. The summed E-state index contributed by atoms with van der Waals surface area (Å²) in [4.78, 5) is 27.0. The van der Waals surface area contributed by atoms with Gasteiger partial charge in [0.2, 0.25) is 5.91 Å². The largest absolute Gasteiger partial charge is 0.483 e. The van der Waals surface area contributed by atoms with E-state index in [9.17, 15) is 14.0 Å². The van der Waals surface area contributed by atoms with Crippen molar-refractivity contribution in [3.05, 3.63) is 65.5 Å². The minimum absolute atomic E-state index is 0.0205. The molecule has 0 fully saturated rings. The number of carbonyl (C=O) groups is 2. The number of nitrogens with zero attached hydrogens (tertiary/aromatic N) is 1. The zero-order valence-corrected chi connectivity index (χ0v) is 18.3. The fraction of sp³-hybridized carbons (Fsp3) is 0.417. The van der Waals surface area contributed by atoms with E-state index in [1.54, 1.807) is 25.1 Å². The van der Waals surface area contributed by atoms with Crippen molar-refractivity contribution in [2.45, 2.75) is 59.2 Å². The van der Waals surface area contributed by atoms with Gasteiger partial charge in [0, 0.05) is 18.2 Å². The standard InChI is InChI=1S/C24H31FN2O3/c1-16(2)20-11-7-9-13-22(20)30-15-23(28)27(18(5)24(29)26-17(3)4)14-19-10-6-8-12-21(19)25/h6-13,16-18H,14-15H2,1-5H3,(H,26,29)/t18-/m0/s1. The first-order chi connectivity index (χ1) is 14.2. The van der Waals surface area contributed by atoms with Crippen LogP contribution in [0.2, 0.25) is 0 Å². The minimum atomic E-state index is -0.775. The SMILES string of the molecule is CC(C)NC(=O)[C@H](C)N(Cc1ccccc1F)C(=O)COc1ccccc1C(C)C. The Hall–Kier alpha value is -2.89. The second kappa shape index (κ2) is 10.8. The van der Waals surface area contributed by atoms with Gasteiger partial charge in [-0.1, -0.05) is 50.2 Å². The van der Waals surface area contributed by atoms with Gasteiger partial charge in [-0.05, 0) is 44.4 Å². The summed E-state index contributed by atoms with van der Waals surface area (Å²) in [5, 5.41) is 2.81. The maximum Gasteiger partial charge on any atom is 0.261 e. The molecule has 2 aromatic carbocycles. The highest BCUT2D eigenvalue weighted by Crippen LogP contribution is 2.26. The summed E-state index contributed by atoms with van der Waals surface area (Å²) in [6.07, 6.45) is 0. The predicted octanol–water partition coefficient (Wildman–Crippen LogP) is 4.27. The molecule has 0 radical (unpaired) electrons. The Labute approximate surface area is 178 Å². The third kappa shape index (κ3) is 6.31. The number of para-hydroxylation sites is 1. The van der Waals surface area contributed by atoms with E-state index in [1.807, 2.05) is 52.0 Å². The van der Waals surface area contributed by atoms with Crippen LogP contribution >= 0.6 is 0 Å². The van der Waals surface area contributed by atoms with Gasteiger partial charge in [-0.2, -0.15) is 0 Å². The molecule has 2 rings (SSSR count). The van der Waals surface area contributed by atoms with Crippen molar-refractivity contribution < 1.29 is 18.7 Å². The average molecular weight is 415 g/mol. The highest BCUT2D eigenvalue weighted by Gasteiger charge is 2.27. The van der Waals surface area contributed by atoms with E-state index < -0.39 is 11.9 Å². The summed E-state index contributed by atoms with van der Waals surface area (Å²) in [5.41, 5.74) is 1.34. The number of benzene rings is 2. The van der Waals surface area contributed by atoms with Crippen molar-refractivity contribution in [3.8, 4) is 5.75 Å². The summed E-state index contributed by atoms with van der Waals surface area (Å²) >= 11 is 0. The van der Waals surface area contributed by atoms with Crippen molar-refractivity contribution >= 4 is 11.8 Å². The molecule has 30 heavy (non-hydrogen) atoms. The van der Waals surface area contributed by atoms with Crippen LogP contribution in [0.4, 0.5) is 4.39 Å². The van der Waals surface area contributed by atoms with E-state index in [-0.39, 0.29) is 36.9 Å². The maximum atomic E-state index is 14.2.